The average Bonchev–Trinajstić information content (AvgIpc) is 2.66. The number of allylic oxidation sites excluding steroid dienone is 1. The third kappa shape index (κ3) is 6.80. The number of ketones is 2. The third-order valence-corrected chi connectivity index (χ3v) is 9.97. The second-order valence-corrected chi connectivity index (χ2v) is 12.6. The van der Waals surface area contributed by atoms with Gasteiger partial charge in [-0.05, 0) is 0 Å². The molecule has 2 atom stereocenters. The van der Waals surface area contributed by atoms with E-state index >= 15 is 0 Å². The summed E-state index contributed by atoms with van der Waals surface area (Å²) >= 11 is 0. The summed E-state index contributed by atoms with van der Waals surface area (Å²) < 4.78 is 140. The summed E-state index contributed by atoms with van der Waals surface area (Å²) in [6.07, 6.45) is 0. The molecule has 1 aromatic carbocycles. The van der Waals surface area contributed by atoms with E-state index in [2.05, 4.69) is 0 Å². The smallest absolute Gasteiger partial charge is 0.747 e. The van der Waals surface area contributed by atoms with Crippen molar-refractivity contribution in [2.24, 2.45) is 0 Å². The molecular formula is C15H6Na4O16S4. The molecule has 0 heterocycles. The molecule has 39 heavy (non-hydrogen) atoms. The molecule has 0 aromatic heterocycles. The quantitative estimate of drug-likeness (QED) is 0.226. The van der Waals surface area contributed by atoms with Crippen molar-refractivity contribution in [3.63, 3.8) is 0 Å². The summed E-state index contributed by atoms with van der Waals surface area (Å²) in [4.78, 5) is 32.2. The molecule has 2 aliphatic carbocycles. The van der Waals surface area contributed by atoms with E-state index in [-0.39, 0.29) is 118 Å². The molecule has 190 valence electrons. The van der Waals surface area contributed by atoms with E-state index in [1.54, 1.807) is 0 Å². The Morgan fingerprint density at radius 2 is 1.15 bits per heavy atom. The first-order valence-electron chi connectivity index (χ1n) is 8.34. The minimum Gasteiger partial charge on any atom is -0.747 e. The molecule has 0 fully saturated rings. The fourth-order valence-electron chi connectivity index (χ4n) is 3.92. The van der Waals surface area contributed by atoms with Gasteiger partial charge >= 0.3 is 124 Å². The first-order chi connectivity index (χ1) is 15.6. The van der Waals surface area contributed by atoms with E-state index in [1.165, 1.54) is 0 Å². The predicted molar refractivity (Wildman–Crippen MR) is 102 cm³/mol. The number of Topliss-reactive ketones (excluding diaryl/α,β-unsaturated/α-hetero) is 2. The second-order valence-electron chi connectivity index (χ2n) is 6.93. The van der Waals surface area contributed by atoms with Crippen LogP contribution in [0, 0.1) is 0 Å². The molecule has 1 N–H and O–H groups in total. The molecule has 0 radical (unpaired) electrons. The molecule has 24 heteroatoms. The average molecular weight is 662 g/mol. The molecule has 0 bridgehead atoms. The number of carboxylic acid groups (broad SMARTS) is 1. The zero-order chi connectivity index (χ0) is 27.1. The van der Waals surface area contributed by atoms with Gasteiger partial charge in [-0.1, -0.05) is 24.3 Å². The van der Waals surface area contributed by atoms with Crippen molar-refractivity contribution in [2.45, 2.75) is 10.00 Å². The van der Waals surface area contributed by atoms with Gasteiger partial charge in [0.25, 0.3) is 0 Å². The van der Waals surface area contributed by atoms with Gasteiger partial charge in [0, 0.05) is 22.3 Å². The van der Waals surface area contributed by atoms with Crippen molar-refractivity contribution in [2.75, 3.05) is 0 Å². The maximum Gasteiger partial charge on any atom is 1.00 e. The number of carbonyl (C=O) groups is 3. The van der Waals surface area contributed by atoms with Crippen molar-refractivity contribution in [1.29, 1.82) is 0 Å². The number of aliphatic carboxylic acids is 1. The maximum absolute atomic E-state index is 13.1. The molecule has 0 saturated carbocycles. The molecule has 0 saturated heterocycles. The van der Waals surface area contributed by atoms with Crippen molar-refractivity contribution < 1.29 is 190 Å². The Balaban J connectivity index is 0. The molecule has 0 aliphatic heterocycles. The zero-order valence-electron chi connectivity index (χ0n) is 20.1. The summed E-state index contributed by atoms with van der Waals surface area (Å²) in [7, 11) is -27.5. The van der Waals surface area contributed by atoms with Crippen LogP contribution >= 0.6 is 0 Å². The van der Waals surface area contributed by atoms with Crippen LogP contribution in [0.3, 0.4) is 0 Å². The van der Waals surface area contributed by atoms with Gasteiger partial charge in [-0.3, -0.25) is 14.4 Å². The Kier molecular flexibility index (Phi) is 14.6. The molecular weight excluding hydrogens is 656 g/mol. The van der Waals surface area contributed by atoms with Gasteiger partial charge < -0.3 is 23.3 Å². The van der Waals surface area contributed by atoms with Crippen LogP contribution in [0.25, 0.3) is 0 Å². The Bertz CT molecular complexity index is 1760. The Morgan fingerprint density at radius 3 is 1.46 bits per heavy atom. The number of fused-ring (bicyclic) bond motifs is 1. The van der Waals surface area contributed by atoms with Crippen molar-refractivity contribution in [3.8, 4) is 0 Å². The number of carboxylic acids is 1. The summed E-state index contributed by atoms with van der Waals surface area (Å²) in [5.74, 6) is -7.17. The van der Waals surface area contributed by atoms with Crippen molar-refractivity contribution >= 4 is 58.0 Å². The number of benzene rings is 1. The standard InChI is InChI=1S/C15H10O16S4.4Na/c16-9-5-3-1-2-4-6(5)10(17)8-7(9)11(32(20,21)22)13(34(26,27)28)15(14(18)19,35(29,30)31)12(8)33(23,24)25;;;;/h1-4,12H,(H,18,19)(H,20,21,22)(H,23,24,25)(H,26,27,28)(H,29,30,31);;;;/q;4*+1/p-4. The summed E-state index contributed by atoms with van der Waals surface area (Å²) in [5, 5.41) is 5.41. The molecule has 2 unspecified atom stereocenters. The molecule has 2 aliphatic rings. The Hall–Kier alpha value is 1.15. The van der Waals surface area contributed by atoms with Crippen LogP contribution in [0.2, 0.25) is 0 Å². The van der Waals surface area contributed by atoms with E-state index in [0.29, 0.717) is 0 Å². The van der Waals surface area contributed by atoms with Gasteiger partial charge in [-0.2, -0.15) is 0 Å². The normalized spacial score (nSPS) is 21.3. The summed E-state index contributed by atoms with van der Waals surface area (Å²) in [6.45, 7) is 0. The molecule has 0 spiro atoms. The minimum atomic E-state index is -7.18. The molecule has 3 rings (SSSR count). The first-order valence-corrected chi connectivity index (χ1v) is 14.0. The van der Waals surface area contributed by atoms with Gasteiger partial charge in [-0.25, -0.2) is 33.7 Å². The zero-order valence-corrected chi connectivity index (χ0v) is 31.4. The van der Waals surface area contributed by atoms with Crippen LogP contribution < -0.4 is 118 Å². The number of carbonyl (C=O) groups excluding carboxylic acids is 2. The van der Waals surface area contributed by atoms with Crippen LogP contribution in [0.5, 0.6) is 0 Å². The van der Waals surface area contributed by atoms with Gasteiger partial charge in [0.05, 0.1) is 9.81 Å². The minimum absolute atomic E-state index is 0. The monoisotopic (exact) mass is 662 g/mol. The summed E-state index contributed by atoms with van der Waals surface area (Å²) in [6, 6.07) is 3.62. The van der Waals surface area contributed by atoms with E-state index in [1.807, 2.05) is 0 Å². The number of hydrogen-bond donors (Lipinski definition) is 1. The van der Waals surface area contributed by atoms with E-state index in [4.69, 9.17) is 0 Å². The van der Waals surface area contributed by atoms with Crippen molar-refractivity contribution in [1.82, 2.24) is 0 Å². The van der Waals surface area contributed by atoms with Gasteiger partial charge in [0.1, 0.15) is 45.7 Å². The van der Waals surface area contributed by atoms with Crippen molar-refractivity contribution in [3.05, 3.63) is 56.3 Å². The molecule has 1 aromatic rings. The fourth-order valence-corrected chi connectivity index (χ4v) is 9.80. The van der Waals surface area contributed by atoms with Crippen LogP contribution in [-0.2, 0) is 45.3 Å². The molecule has 16 nitrogen and oxygen atoms in total. The van der Waals surface area contributed by atoms with Crippen LogP contribution in [-0.4, -0.2) is 84.5 Å². The number of hydrogen-bond acceptors (Lipinski definition) is 15. The second kappa shape index (κ2) is 13.4. The fraction of sp³-hybridized carbons (Fsp3) is 0.133. The van der Waals surface area contributed by atoms with E-state index in [0.717, 1.165) is 24.3 Å². The third-order valence-electron chi connectivity index (χ3n) is 5.06. The van der Waals surface area contributed by atoms with Gasteiger partial charge in [-0.15, -0.1) is 0 Å². The topological polar surface area (TPSA) is 300 Å². The first kappa shape index (κ1) is 42.3. The Labute approximate surface area is 309 Å². The summed E-state index contributed by atoms with van der Waals surface area (Å²) in [5.41, 5.74) is -5.81. The van der Waals surface area contributed by atoms with Gasteiger partial charge in [0.15, 0.2) is 11.6 Å². The Morgan fingerprint density at radius 1 is 0.744 bits per heavy atom. The number of rotatable bonds is 5. The van der Waals surface area contributed by atoms with E-state index in [9.17, 15) is 71.4 Å². The van der Waals surface area contributed by atoms with Crippen LogP contribution in [0.1, 0.15) is 20.7 Å². The molecule has 0 amide bonds. The van der Waals surface area contributed by atoms with Crippen LogP contribution in [0.15, 0.2) is 45.2 Å². The van der Waals surface area contributed by atoms with Crippen LogP contribution in [0.4, 0.5) is 0 Å². The largest absolute Gasteiger partial charge is 1.00 e. The van der Waals surface area contributed by atoms with Gasteiger partial charge in [0.2, 0.25) is 4.75 Å². The predicted octanol–water partition coefficient (Wildman–Crippen LogP) is -15.0. The SMILES string of the molecule is O=C1C2=C(C(=O)c3ccccc31)C(S(=O)(=O)[O-])C(C(=O)O)(S(=O)(=O)[O-])C(S(=O)(=O)[O-])=C2S(=O)(=O)[O-].[Na+].[Na+].[Na+].[Na+]. The van der Waals surface area contributed by atoms with E-state index < -0.39 is 100 Å². The maximum atomic E-state index is 13.1.